The first-order valence-corrected chi connectivity index (χ1v) is 10.3. The molecule has 0 saturated heterocycles. The number of pyridine rings is 1. The van der Waals surface area contributed by atoms with Crippen LogP contribution in [-0.4, -0.2) is 31.0 Å². The predicted octanol–water partition coefficient (Wildman–Crippen LogP) is 4.15. The number of aryl methyl sites for hydroxylation is 1. The van der Waals surface area contributed by atoms with E-state index in [2.05, 4.69) is 4.98 Å². The van der Waals surface area contributed by atoms with Crippen LogP contribution < -0.4 is 5.56 Å². The number of benzene rings is 1. The zero-order chi connectivity index (χ0) is 23.5. The van der Waals surface area contributed by atoms with Crippen LogP contribution in [0.15, 0.2) is 58.3 Å². The second kappa shape index (κ2) is 7.36. The quantitative estimate of drug-likeness (QED) is 0.464. The first-order chi connectivity index (χ1) is 15.6. The Hall–Kier alpha value is -3.82. The lowest BCUT2D eigenvalue weighted by molar-refractivity contribution is -0.137. The second-order valence-corrected chi connectivity index (χ2v) is 8.18. The van der Waals surface area contributed by atoms with Gasteiger partial charge >= 0.3 is 6.18 Å². The molecule has 4 heterocycles. The third-order valence-corrected chi connectivity index (χ3v) is 5.92. The molecule has 33 heavy (non-hydrogen) atoms. The van der Waals surface area contributed by atoms with Gasteiger partial charge < -0.3 is 18.5 Å². The Morgan fingerprint density at radius 1 is 1.18 bits per heavy atom. The molecule has 4 aromatic rings. The molecule has 1 amide bonds. The van der Waals surface area contributed by atoms with Gasteiger partial charge in [-0.05, 0) is 38.1 Å². The first kappa shape index (κ1) is 21.0. The summed E-state index contributed by atoms with van der Waals surface area (Å²) in [5.74, 6) is 0.0379. The fraction of sp³-hybridized carbons (Fsp3) is 0.261. The summed E-state index contributed by atoms with van der Waals surface area (Å²) in [4.78, 5) is 32.0. The third-order valence-electron chi connectivity index (χ3n) is 5.92. The van der Waals surface area contributed by atoms with Crippen LogP contribution in [-0.2, 0) is 19.3 Å². The van der Waals surface area contributed by atoms with Crippen LogP contribution in [0.25, 0.3) is 16.5 Å². The first-order valence-electron chi connectivity index (χ1n) is 10.3. The fourth-order valence-corrected chi connectivity index (χ4v) is 4.19. The van der Waals surface area contributed by atoms with Crippen molar-refractivity contribution < 1.29 is 22.4 Å². The highest BCUT2D eigenvalue weighted by atomic mass is 19.4. The number of furan rings is 1. The maximum atomic E-state index is 13.2. The van der Waals surface area contributed by atoms with Crippen LogP contribution in [0.2, 0.25) is 0 Å². The van der Waals surface area contributed by atoms with Gasteiger partial charge in [0.1, 0.15) is 17.1 Å². The molecule has 1 atom stereocenters. The zero-order valence-electron chi connectivity index (χ0n) is 17.8. The molecule has 7 nitrogen and oxygen atoms in total. The Bertz CT molecular complexity index is 1450. The van der Waals surface area contributed by atoms with E-state index in [0.29, 0.717) is 22.2 Å². The minimum atomic E-state index is -4.45. The SMILES string of the molecule is Cc1cn(-c2ccc3n(c2=O)C[C@@H](C)N(Cc2occ4cc(C(F)(F)F)ccc24)C3=O)cn1. The molecule has 170 valence electrons. The van der Waals surface area contributed by atoms with E-state index in [4.69, 9.17) is 4.42 Å². The van der Waals surface area contributed by atoms with Crippen molar-refractivity contribution >= 4 is 16.7 Å². The Balaban J connectivity index is 1.47. The summed E-state index contributed by atoms with van der Waals surface area (Å²) in [6, 6.07) is 6.23. The molecule has 0 aliphatic carbocycles. The molecule has 5 rings (SSSR count). The van der Waals surface area contributed by atoms with Crippen molar-refractivity contribution in [1.29, 1.82) is 0 Å². The number of nitrogens with zero attached hydrogens (tertiary/aromatic N) is 4. The Morgan fingerprint density at radius 2 is 1.97 bits per heavy atom. The largest absolute Gasteiger partial charge is 0.466 e. The van der Waals surface area contributed by atoms with Crippen molar-refractivity contribution in [3.8, 4) is 5.69 Å². The van der Waals surface area contributed by atoms with Crippen molar-refractivity contribution in [2.24, 2.45) is 0 Å². The van der Waals surface area contributed by atoms with E-state index in [0.717, 1.165) is 17.8 Å². The molecule has 0 unspecified atom stereocenters. The van der Waals surface area contributed by atoms with Crippen LogP contribution >= 0.6 is 0 Å². The van der Waals surface area contributed by atoms with E-state index in [9.17, 15) is 22.8 Å². The Morgan fingerprint density at radius 3 is 2.67 bits per heavy atom. The minimum Gasteiger partial charge on any atom is -0.466 e. The van der Waals surface area contributed by atoms with Crippen LogP contribution in [0.1, 0.15) is 34.4 Å². The number of amides is 1. The van der Waals surface area contributed by atoms with Gasteiger partial charge in [0.25, 0.3) is 11.5 Å². The summed E-state index contributed by atoms with van der Waals surface area (Å²) < 4.78 is 47.6. The van der Waals surface area contributed by atoms with E-state index in [1.165, 1.54) is 16.9 Å². The summed E-state index contributed by atoms with van der Waals surface area (Å²) in [7, 11) is 0. The van der Waals surface area contributed by atoms with Crippen molar-refractivity contribution in [2.75, 3.05) is 0 Å². The molecule has 1 aliphatic rings. The lowest BCUT2D eigenvalue weighted by Crippen LogP contribution is -2.49. The smallest absolute Gasteiger partial charge is 0.416 e. The normalized spacial score (nSPS) is 16.5. The minimum absolute atomic E-state index is 0.0749. The van der Waals surface area contributed by atoms with Crippen molar-refractivity contribution in [3.63, 3.8) is 0 Å². The molecular weight excluding hydrogens is 437 g/mol. The molecule has 0 radical (unpaired) electrons. The van der Waals surface area contributed by atoms with Gasteiger partial charge in [0, 0.05) is 29.6 Å². The van der Waals surface area contributed by atoms with Gasteiger partial charge in [-0.1, -0.05) is 6.07 Å². The van der Waals surface area contributed by atoms with Gasteiger partial charge in [0.05, 0.1) is 30.4 Å². The summed E-state index contributed by atoms with van der Waals surface area (Å²) >= 11 is 0. The van der Waals surface area contributed by atoms with E-state index in [1.54, 1.807) is 34.1 Å². The van der Waals surface area contributed by atoms with E-state index in [-0.39, 0.29) is 36.3 Å². The van der Waals surface area contributed by atoms with Crippen molar-refractivity contribution in [3.05, 3.63) is 82.2 Å². The number of fused-ring (bicyclic) bond motifs is 2. The molecule has 3 aromatic heterocycles. The van der Waals surface area contributed by atoms with E-state index in [1.807, 2.05) is 13.8 Å². The monoisotopic (exact) mass is 456 g/mol. The Kier molecular flexibility index (Phi) is 4.70. The topological polar surface area (TPSA) is 73.3 Å². The molecule has 0 saturated carbocycles. The van der Waals surface area contributed by atoms with Gasteiger partial charge in [-0.15, -0.1) is 0 Å². The average Bonchev–Trinajstić information content (AvgIpc) is 3.37. The third kappa shape index (κ3) is 3.51. The molecule has 1 aliphatic heterocycles. The molecule has 0 N–H and O–H groups in total. The molecule has 1 aromatic carbocycles. The summed E-state index contributed by atoms with van der Waals surface area (Å²) in [6.45, 7) is 3.98. The number of alkyl halides is 3. The number of aromatic nitrogens is 3. The number of rotatable bonds is 3. The van der Waals surface area contributed by atoms with E-state index >= 15 is 0 Å². The maximum absolute atomic E-state index is 13.2. The highest BCUT2D eigenvalue weighted by Gasteiger charge is 2.33. The molecule has 10 heteroatoms. The number of halogens is 3. The summed E-state index contributed by atoms with van der Waals surface area (Å²) in [6.07, 6.45) is 0.0902. The number of imidazole rings is 1. The standard InChI is InChI=1S/C23H19F3N4O3/c1-13-8-28(12-27-13)18-5-6-19-22(32)29(14(2)9-30(19)21(18)31)10-20-17-4-3-16(23(24,25)26)7-15(17)11-33-20/h3-8,11-12,14H,9-10H2,1-2H3/t14-/m1/s1. The average molecular weight is 456 g/mol. The summed E-state index contributed by atoms with van der Waals surface area (Å²) in [5, 5.41) is 0.825. The number of hydrogen-bond donors (Lipinski definition) is 0. The highest BCUT2D eigenvalue weighted by molar-refractivity contribution is 5.94. The van der Waals surface area contributed by atoms with Crippen LogP contribution in [0.5, 0.6) is 0 Å². The molecule has 0 fully saturated rings. The van der Waals surface area contributed by atoms with Crippen LogP contribution in [0, 0.1) is 6.92 Å². The van der Waals surface area contributed by atoms with Gasteiger partial charge in [-0.25, -0.2) is 4.98 Å². The number of carbonyl (C=O) groups excluding carboxylic acids is 1. The number of hydrogen-bond acceptors (Lipinski definition) is 4. The van der Waals surface area contributed by atoms with Crippen molar-refractivity contribution in [2.45, 2.75) is 39.2 Å². The lowest BCUT2D eigenvalue weighted by Gasteiger charge is -2.35. The van der Waals surface area contributed by atoms with E-state index < -0.39 is 11.7 Å². The van der Waals surface area contributed by atoms with Gasteiger partial charge in [-0.2, -0.15) is 13.2 Å². The highest BCUT2D eigenvalue weighted by Crippen LogP contribution is 2.33. The Labute approximate surface area is 185 Å². The lowest BCUT2D eigenvalue weighted by atomic mass is 10.1. The van der Waals surface area contributed by atoms with Crippen molar-refractivity contribution in [1.82, 2.24) is 19.0 Å². The van der Waals surface area contributed by atoms with Gasteiger partial charge in [-0.3, -0.25) is 9.59 Å². The second-order valence-electron chi connectivity index (χ2n) is 8.18. The summed E-state index contributed by atoms with van der Waals surface area (Å²) in [5.41, 5.74) is 0.342. The number of carbonyl (C=O) groups is 1. The van der Waals surface area contributed by atoms with Gasteiger partial charge in [0.2, 0.25) is 0 Å². The zero-order valence-corrected chi connectivity index (χ0v) is 17.8. The maximum Gasteiger partial charge on any atom is 0.416 e. The molecule has 0 bridgehead atoms. The predicted molar refractivity (Wildman–Crippen MR) is 113 cm³/mol. The van der Waals surface area contributed by atoms with Gasteiger partial charge in [0.15, 0.2) is 0 Å². The molecule has 0 spiro atoms. The fourth-order valence-electron chi connectivity index (χ4n) is 4.19. The molecular formula is C23H19F3N4O3. The van der Waals surface area contributed by atoms with Crippen LogP contribution in [0.3, 0.4) is 0 Å². The van der Waals surface area contributed by atoms with Crippen LogP contribution in [0.4, 0.5) is 13.2 Å².